The van der Waals surface area contributed by atoms with Crippen LogP contribution in [0.1, 0.15) is 17.2 Å². The topological polar surface area (TPSA) is 113 Å². The summed E-state index contributed by atoms with van der Waals surface area (Å²) in [7, 11) is 0. The maximum absolute atomic E-state index is 12.2. The third kappa shape index (κ3) is 4.55. The van der Waals surface area contributed by atoms with Crippen LogP contribution in [0.4, 0.5) is 0 Å². The van der Waals surface area contributed by atoms with Crippen molar-refractivity contribution >= 4 is 11.9 Å². The van der Waals surface area contributed by atoms with Crippen LogP contribution in [-0.2, 0) is 16.0 Å². The van der Waals surface area contributed by atoms with Crippen LogP contribution in [0.3, 0.4) is 0 Å². The smallest absolute Gasteiger partial charge is 0.330 e. The first-order chi connectivity index (χ1) is 11.0. The molecule has 1 amide bonds. The number of nitrogens with two attached hydrogens (primary N) is 1. The molecule has 6 nitrogen and oxygen atoms in total. The maximum Gasteiger partial charge on any atom is 0.330 e. The van der Waals surface area contributed by atoms with Crippen molar-refractivity contribution in [2.75, 3.05) is 0 Å². The highest BCUT2D eigenvalue weighted by Crippen LogP contribution is 2.14. The van der Waals surface area contributed by atoms with Crippen LogP contribution in [-0.4, -0.2) is 28.1 Å². The first-order valence-electron chi connectivity index (χ1n) is 7.09. The molecule has 2 rings (SSSR count). The Morgan fingerprint density at radius 3 is 2.22 bits per heavy atom. The lowest BCUT2D eigenvalue weighted by Gasteiger charge is -2.18. The molecule has 120 valence electrons. The zero-order valence-electron chi connectivity index (χ0n) is 12.3. The Kier molecular flexibility index (Phi) is 5.32. The van der Waals surface area contributed by atoms with Gasteiger partial charge in [0, 0.05) is 0 Å². The molecule has 0 saturated heterocycles. The number of nitrogens with one attached hydrogen (secondary N) is 1. The zero-order valence-corrected chi connectivity index (χ0v) is 12.3. The van der Waals surface area contributed by atoms with Crippen LogP contribution in [0.5, 0.6) is 5.75 Å². The Bertz CT molecular complexity index is 671. The minimum absolute atomic E-state index is 0.127. The molecule has 0 aliphatic rings. The van der Waals surface area contributed by atoms with E-state index in [9.17, 15) is 19.8 Å². The van der Waals surface area contributed by atoms with Crippen molar-refractivity contribution in [2.45, 2.75) is 18.5 Å². The molecule has 0 unspecified atom stereocenters. The summed E-state index contributed by atoms with van der Waals surface area (Å²) in [5.41, 5.74) is 7.10. The summed E-state index contributed by atoms with van der Waals surface area (Å²) >= 11 is 0. The molecule has 5 N–H and O–H groups in total. The van der Waals surface area contributed by atoms with Gasteiger partial charge in [-0.1, -0.05) is 42.5 Å². The number of carbonyl (C=O) groups excluding carboxylic acids is 1. The second-order valence-electron chi connectivity index (χ2n) is 5.17. The van der Waals surface area contributed by atoms with E-state index in [2.05, 4.69) is 5.32 Å². The van der Waals surface area contributed by atoms with Crippen LogP contribution >= 0.6 is 0 Å². The fourth-order valence-electron chi connectivity index (χ4n) is 2.16. The molecular formula is C17H18N2O4. The molecule has 6 heteroatoms. The van der Waals surface area contributed by atoms with E-state index in [4.69, 9.17) is 5.73 Å². The summed E-state index contributed by atoms with van der Waals surface area (Å²) in [4.78, 5) is 23.5. The SMILES string of the molecule is N[C@@H](Cc1ccc(O)cc1)C(=O)N[C@@H](C(=O)O)c1ccccc1. The molecule has 0 spiro atoms. The molecule has 0 bridgehead atoms. The molecule has 2 aromatic carbocycles. The van der Waals surface area contributed by atoms with Crippen LogP contribution in [0.25, 0.3) is 0 Å². The molecule has 0 aliphatic heterocycles. The number of rotatable bonds is 6. The van der Waals surface area contributed by atoms with E-state index in [0.29, 0.717) is 5.56 Å². The largest absolute Gasteiger partial charge is 0.508 e. The van der Waals surface area contributed by atoms with Crippen LogP contribution < -0.4 is 11.1 Å². The van der Waals surface area contributed by atoms with E-state index in [1.165, 1.54) is 12.1 Å². The van der Waals surface area contributed by atoms with Gasteiger partial charge in [-0.2, -0.15) is 0 Å². The highest BCUT2D eigenvalue weighted by atomic mass is 16.4. The van der Waals surface area contributed by atoms with Gasteiger partial charge in [0.25, 0.3) is 0 Å². The number of carboxylic acids is 1. The predicted molar refractivity (Wildman–Crippen MR) is 84.7 cm³/mol. The van der Waals surface area contributed by atoms with Gasteiger partial charge in [-0.25, -0.2) is 4.79 Å². The van der Waals surface area contributed by atoms with E-state index in [1.54, 1.807) is 42.5 Å². The quantitative estimate of drug-likeness (QED) is 0.640. The third-order valence-corrected chi connectivity index (χ3v) is 3.40. The summed E-state index contributed by atoms with van der Waals surface area (Å²) < 4.78 is 0. The monoisotopic (exact) mass is 314 g/mol. The van der Waals surface area contributed by atoms with Gasteiger partial charge in [0.1, 0.15) is 5.75 Å². The molecule has 2 aromatic rings. The first-order valence-corrected chi connectivity index (χ1v) is 7.09. The fraction of sp³-hybridized carbons (Fsp3) is 0.176. The van der Waals surface area contributed by atoms with Gasteiger partial charge in [0.2, 0.25) is 5.91 Å². The number of aliphatic carboxylic acids is 1. The zero-order chi connectivity index (χ0) is 16.8. The second-order valence-corrected chi connectivity index (χ2v) is 5.17. The van der Waals surface area contributed by atoms with Crippen LogP contribution in [0.15, 0.2) is 54.6 Å². The summed E-state index contributed by atoms with van der Waals surface area (Å²) in [6.07, 6.45) is 0.243. The average Bonchev–Trinajstić information content (AvgIpc) is 2.55. The van der Waals surface area contributed by atoms with Crippen molar-refractivity contribution in [2.24, 2.45) is 5.73 Å². The van der Waals surface area contributed by atoms with Gasteiger partial charge in [0.15, 0.2) is 6.04 Å². The number of hydrogen-bond donors (Lipinski definition) is 4. The number of phenolic OH excluding ortho intramolecular Hbond substituents is 1. The molecule has 2 atom stereocenters. The fourth-order valence-corrected chi connectivity index (χ4v) is 2.16. The van der Waals surface area contributed by atoms with E-state index >= 15 is 0 Å². The number of carbonyl (C=O) groups is 2. The lowest BCUT2D eigenvalue weighted by Crippen LogP contribution is -2.45. The molecule has 23 heavy (non-hydrogen) atoms. The van der Waals surface area contributed by atoms with Crippen molar-refractivity contribution in [3.63, 3.8) is 0 Å². The van der Waals surface area contributed by atoms with E-state index in [0.717, 1.165) is 5.56 Å². The molecule has 0 aromatic heterocycles. The molecule has 0 fully saturated rings. The van der Waals surface area contributed by atoms with Crippen molar-refractivity contribution < 1.29 is 19.8 Å². The van der Waals surface area contributed by atoms with Gasteiger partial charge < -0.3 is 21.3 Å². The number of phenols is 1. The number of hydrogen-bond acceptors (Lipinski definition) is 4. The van der Waals surface area contributed by atoms with E-state index < -0.39 is 24.0 Å². The molecule has 0 saturated carbocycles. The molecule has 0 heterocycles. The normalized spacial score (nSPS) is 13.1. The second kappa shape index (κ2) is 7.42. The number of aromatic hydroxyl groups is 1. The van der Waals surface area contributed by atoms with Crippen molar-refractivity contribution in [3.05, 3.63) is 65.7 Å². The Morgan fingerprint density at radius 1 is 1.04 bits per heavy atom. The molecular weight excluding hydrogens is 296 g/mol. The van der Waals surface area contributed by atoms with Crippen molar-refractivity contribution in [1.29, 1.82) is 0 Å². The van der Waals surface area contributed by atoms with E-state index in [1.807, 2.05) is 0 Å². The Balaban J connectivity index is 2.03. The predicted octanol–water partition coefficient (Wildman–Crippen LogP) is 1.20. The Morgan fingerprint density at radius 2 is 1.65 bits per heavy atom. The van der Waals surface area contributed by atoms with E-state index in [-0.39, 0.29) is 12.2 Å². The lowest BCUT2D eigenvalue weighted by atomic mass is 10.0. The highest BCUT2D eigenvalue weighted by molar-refractivity contribution is 5.87. The minimum atomic E-state index is -1.15. The number of amides is 1. The molecule has 0 aliphatic carbocycles. The maximum atomic E-state index is 12.2. The van der Waals surface area contributed by atoms with Crippen LogP contribution in [0, 0.1) is 0 Å². The summed E-state index contributed by atoms with van der Waals surface area (Å²) in [6, 6.07) is 12.7. The van der Waals surface area contributed by atoms with Gasteiger partial charge in [-0.15, -0.1) is 0 Å². The van der Waals surface area contributed by atoms with Crippen LogP contribution in [0.2, 0.25) is 0 Å². The third-order valence-electron chi connectivity index (χ3n) is 3.40. The lowest BCUT2D eigenvalue weighted by molar-refractivity contribution is -0.142. The van der Waals surface area contributed by atoms with Gasteiger partial charge in [0.05, 0.1) is 6.04 Å². The summed E-state index contributed by atoms with van der Waals surface area (Å²) in [5, 5.41) is 21.0. The number of benzene rings is 2. The average molecular weight is 314 g/mol. The highest BCUT2D eigenvalue weighted by Gasteiger charge is 2.24. The molecule has 0 radical (unpaired) electrons. The summed E-state index contributed by atoms with van der Waals surface area (Å²) in [6.45, 7) is 0. The standard InChI is InChI=1S/C17H18N2O4/c18-14(10-11-6-8-13(20)9-7-11)16(21)19-15(17(22)23)12-4-2-1-3-5-12/h1-9,14-15,20H,10,18H2,(H,19,21)(H,22,23)/t14-,15+/m0/s1. The van der Waals surface area contributed by atoms with Crippen molar-refractivity contribution in [3.8, 4) is 5.75 Å². The van der Waals surface area contributed by atoms with Gasteiger partial charge >= 0.3 is 5.97 Å². The minimum Gasteiger partial charge on any atom is -0.508 e. The van der Waals surface area contributed by atoms with Gasteiger partial charge in [-0.3, -0.25) is 4.79 Å². The Hall–Kier alpha value is -2.86. The number of carboxylic acid groups (broad SMARTS) is 1. The van der Waals surface area contributed by atoms with Crippen molar-refractivity contribution in [1.82, 2.24) is 5.32 Å². The summed E-state index contributed by atoms with van der Waals surface area (Å²) in [5.74, 6) is -1.57. The first kappa shape index (κ1) is 16.5. The van der Waals surface area contributed by atoms with Gasteiger partial charge in [-0.05, 0) is 29.7 Å². The Labute approximate surface area is 133 Å².